The van der Waals surface area contributed by atoms with Gasteiger partial charge in [-0.15, -0.1) is 0 Å². The minimum atomic E-state index is -1.19. The van der Waals surface area contributed by atoms with Gasteiger partial charge in [-0.05, 0) is 62.9 Å². The highest BCUT2D eigenvalue weighted by Crippen LogP contribution is 2.34. The third kappa shape index (κ3) is 7.40. The Balaban J connectivity index is 1.77. The maximum Gasteiger partial charge on any atom is 0.407 e. The van der Waals surface area contributed by atoms with Crippen LogP contribution in [-0.2, 0) is 17.6 Å². The first kappa shape index (κ1) is 26.4. The molecular weight excluding hydrogens is 458 g/mol. The van der Waals surface area contributed by atoms with Gasteiger partial charge in [0.05, 0.1) is 18.2 Å². The summed E-state index contributed by atoms with van der Waals surface area (Å²) in [6, 6.07) is 7.10. The van der Waals surface area contributed by atoms with E-state index >= 15 is 0 Å². The fourth-order valence-corrected chi connectivity index (χ4v) is 3.82. The van der Waals surface area contributed by atoms with Gasteiger partial charge in [-0.1, -0.05) is 19.1 Å². The van der Waals surface area contributed by atoms with E-state index in [0.29, 0.717) is 11.3 Å². The van der Waals surface area contributed by atoms with Crippen LogP contribution in [0.25, 0.3) is 0 Å². The molecule has 1 aliphatic rings. The Hall–Kier alpha value is -3.17. The van der Waals surface area contributed by atoms with Crippen molar-refractivity contribution in [1.29, 1.82) is 0 Å². The molecule has 7 nitrogen and oxygen atoms in total. The zero-order chi connectivity index (χ0) is 25.8. The molecule has 3 unspecified atom stereocenters. The third-order valence-corrected chi connectivity index (χ3v) is 5.47. The highest BCUT2D eigenvalue weighted by molar-refractivity contribution is 5.68. The predicted molar refractivity (Wildman–Crippen MR) is 127 cm³/mol. The average molecular weight is 491 g/mol. The van der Waals surface area contributed by atoms with Crippen LogP contribution in [0.3, 0.4) is 0 Å². The number of hydrogen-bond acceptors (Lipinski definition) is 6. The SMILES string of the molecule is CCc1ccc2c(c1)C(NCC(O)C(Cc1cc(F)cc(F)c1)NC(=O)OC(C)(C)C)C(O)=CO2. The minimum absolute atomic E-state index is 0.0526. The molecule has 0 saturated carbocycles. The molecule has 4 N–H and O–H groups in total. The van der Waals surface area contributed by atoms with E-state index in [4.69, 9.17) is 9.47 Å². The quantitative estimate of drug-likeness (QED) is 0.437. The first-order valence-corrected chi connectivity index (χ1v) is 11.5. The van der Waals surface area contributed by atoms with Gasteiger partial charge in [-0.25, -0.2) is 13.6 Å². The van der Waals surface area contributed by atoms with Gasteiger partial charge < -0.3 is 30.3 Å². The number of fused-ring (bicyclic) bond motifs is 1. The maximum atomic E-state index is 13.7. The van der Waals surface area contributed by atoms with Gasteiger partial charge >= 0.3 is 6.09 Å². The van der Waals surface area contributed by atoms with Crippen LogP contribution < -0.4 is 15.4 Å². The van der Waals surface area contributed by atoms with Crippen molar-refractivity contribution in [3.8, 4) is 5.75 Å². The molecule has 35 heavy (non-hydrogen) atoms. The first-order valence-electron chi connectivity index (χ1n) is 11.5. The molecule has 0 saturated heterocycles. The topological polar surface area (TPSA) is 100 Å². The van der Waals surface area contributed by atoms with Gasteiger partial charge in [0.15, 0.2) is 0 Å². The molecule has 3 rings (SSSR count). The van der Waals surface area contributed by atoms with Crippen LogP contribution in [0.2, 0.25) is 0 Å². The Morgan fingerprint density at radius 2 is 1.83 bits per heavy atom. The Morgan fingerprint density at radius 3 is 2.46 bits per heavy atom. The third-order valence-electron chi connectivity index (χ3n) is 5.47. The van der Waals surface area contributed by atoms with Crippen LogP contribution in [0.4, 0.5) is 13.6 Å². The Labute approximate surface area is 203 Å². The fraction of sp³-hybridized carbons (Fsp3) is 0.423. The molecule has 0 bridgehead atoms. The molecule has 2 aromatic rings. The summed E-state index contributed by atoms with van der Waals surface area (Å²) >= 11 is 0. The van der Waals surface area contributed by atoms with Crippen LogP contribution >= 0.6 is 0 Å². The Morgan fingerprint density at radius 1 is 1.14 bits per heavy atom. The number of ether oxygens (including phenoxy) is 2. The van der Waals surface area contributed by atoms with Crippen molar-refractivity contribution in [3.63, 3.8) is 0 Å². The summed E-state index contributed by atoms with van der Waals surface area (Å²) in [6.07, 6.45) is -0.000954. The smallest absolute Gasteiger partial charge is 0.407 e. The highest BCUT2D eigenvalue weighted by atomic mass is 19.1. The molecule has 3 atom stereocenters. The van der Waals surface area contributed by atoms with Crippen molar-refractivity contribution in [1.82, 2.24) is 10.6 Å². The summed E-state index contributed by atoms with van der Waals surface area (Å²) in [5.41, 5.74) is 1.24. The predicted octanol–water partition coefficient (Wildman–Crippen LogP) is 4.45. The van der Waals surface area contributed by atoms with E-state index in [1.165, 1.54) is 6.26 Å². The average Bonchev–Trinajstić information content (AvgIpc) is 2.75. The van der Waals surface area contributed by atoms with Gasteiger partial charge in [0.25, 0.3) is 0 Å². The van der Waals surface area contributed by atoms with Gasteiger partial charge in [-0.3, -0.25) is 0 Å². The molecule has 1 amide bonds. The normalized spacial score (nSPS) is 17.0. The molecular formula is C26H32F2N2O5. The zero-order valence-corrected chi connectivity index (χ0v) is 20.3. The second-order valence-corrected chi connectivity index (χ2v) is 9.53. The van der Waals surface area contributed by atoms with E-state index < -0.39 is 41.5 Å². The van der Waals surface area contributed by atoms with Gasteiger partial charge in [0, 0.05) is 18.2 Å². The monoisotopic (exact) mass is 490 g/mol. The van der Waals surface area contributed by atoms with Gasteiger partial charge in [0.2, 0.25) is 0 Å². The number of aryl methyl sites for hydroxylation is 1. The standard InChI is InChI=1S/C26H32F2N2O5/c1-5-15-6-7-23-19(10-15)24(22(32)14-34-23)29-13-21(31)20(30-25(33)35-26(2,3)4)11-16-8-17(27)12-18(28)9-16/h6-10,12,14,20-21,24,29,31-32H,5,11,13H2,1-4H3,(H,30,33). The number of amides is 1. The minimum Gasteiger partial charge on any atom is -0.507 e. The Bertz CT molecular complexity index is 1060. The number of hydrogen-bond donors (Lipinski definition) is 4. The number of benzene rings is 2. The molecule has 0 spiro atoms. The van der Waals surface area contributed by atoms with Crippen LogP contribution in [0.15, 0.2) is 48.4 Å². The number of nitrogens with one attached hydrogen (secondary N) is 2. The lowest BCUT2D eigenvalue weighted by molar-refractivity contribution is 0.0419. The van der Waals surface area contributed by atoms with Crippen molar-refractivity contribution in [2.75, 3.05) is 6.54 Å². The van der Waals surface area contributed by atoms with Gasteiger partial charge in [-0.2, -0.15) is 0 Å². The lowest BCUT2D eigenvalue weighted by Crippen LogP contribution is -2.50. The lowest BCUT2D eigenvalue weighted by atomic mass is 9.97. The number of carbonyl (C=O) groups excluding carboxylic acids is 1. The molecule has 1 aliphatic heterocycles. The van der Waals surface area contributed by atoms with E-state index in [1.54, 1.807) is 20.8 Å². The Kier molecular flexibility index (Phi) is 8.34. The van der Waals surface area contributed by atoms with E-state index in [0.717, 1.165) is 30.2 Å². The maximum absolute atomic E-state index is 13.7. The summed E-state index contributed by atoms with van der Waals surface area (Å²) in [7, 11) is 0. The molecule has 0 aliphatic carbocycles. The molecule has 0 fully saturated rings. The molecule has 190 valence electrons. The summed E-state index contributed by atoms with van der Waals surface area (Å²) in [4.78, 5) is 12.4. The zero-order valence-electron chi connectivity index (χ0n) is 20.3. The van der Waals surface area contributed by atoms with E-state index in [9.17, 15) is 23.8 Å². The van der Waals surface area contributed by atoms with Crippen LogP contribution in [0.1, 0.15) is 50.4 Å². The van der Waals surface area contributed by atoms with E-state index in [1.807, 2.05) is 25.1 Å². The molecule has 9 heteroatoms. The summed E-state index contributed by atoms with van der Waals surface area (Å²) in [5, 5.41) is 27.1. The van der Waals surface area contributed by atoms with Crippen molar-refractivity contribution < 1.29 is 33.3 Å². The van der Waals surface area contributed by atoms with Crippen LogP contribution in [-0.4, -0.2) is 40.6 Å². The van der Waals surface area contributed by atoms with Crippen molar-refractivity contribution >= 4 is 6.09 Å². The van der Waals surface area contributed by atoms with Gasteiger partial charge in [0.1, 0.15) is 35.0 Å². The summed E-state index contributed by atoms with van der Waals surface area (Å²) in [6.45, 7) is 7.05. The second-order valence-electron chi connectivity index (χ2n) is 9.53. The number of carbonyl (C=O) groups is 1. The molecule has 2 aromatic carbocycles. The number of rotatable bonds is 8. The number of aliphatic hydroxyl groups excluding tert-OH is 2. The van der Waals surface area contributed by atoms with Crippen molar-refractivity contribution in [2.45, 2.75) is 64.3 Å². The molecule has 1 heterocycles. The van der Waals surface area contributed by atoms with Crippen molar-refractivity contribution in [3.05, 3.63) is 76.7 Å². The number of halogens is 2. The van der Waals surface area contributed by atoms with Crippen LogP contribution in [0, 0.1) is 11.6 Å². The van der Waals surface area contributed by atoms with E-state index in [2.05, 4.69) is 10.6 Å². The fourth-order valence-electron chi connectivity index (χ4n) is 3.82. The largest absolute Gasteiger partial charge is 0.507 e. The second kappa shape index (κ2) is 11.0. The number of aliphatic hydroxyl groups is 2. The molecule has 0 radical (unpaired) electrons. The van der Waals surface area contributed by atoms with Crippen LogP contribution in [0.5, 0.6) is 5.75 Å². The number of alkyl carbamates (subject to hydrolysis) is 1. The highest BCUT2D eigenvalue weighted by Gasteiger charge is 2.29. The van der Waals surface area contributed by atoms with E-state index in [-0.39, 0.29) is 24.3 Å². The summed E-state index contributed by atoms with van der Waals surface area (Å²) in [5.74, 6) is -1.01. The lowest BCUT2D eigenvalue weighted by Gasteiger charge is -2.30. The first-order chi connectivity index (χ1) is 16.4. The summed E-state index contributed by atoms with van der Waals surface area (Å²) < 4.78 is 38.2. The van der Waals surface area contributed by atoms with Crippen molar-refractivity contribution in [2.24, 2.45) is 0 Å². The molecule has 0 aromatic heterocycles.